The predicted molar refractivity (Wildman–Crippen MR) is 76.0 cm³/mol. The largest absolute Gasteiger partial charge is 0.348 e. The number of amides is 1. The first-order valence-electron chi connectivity index (χ1n) is 6.87. The molecule has 2 aliphatic rings. The quantitative estimate of drug-likeness (QED) is 0.880. The third kappa shape index (κ3) is 1.89. The lowest BCUT2D eigenvalue weighted by Crippen LogP contribution is -2.44. The summed E-state index contributed by atoms with van der Waals surface area (Å²) in [5, 5.41) is 7.13. The molecule has 0 aromatic carbocycles. The molecular formula is C14H15ClN4O. The molecule has 4 rings (SSSR count). The molecule has 1 amide bonds. The summed E-state index contributed by atoms with van der Waals surface area (Å²) in [5.74, 6) is 0.442. The van der Waals surface area contributed by atoms with Gasteiger partial charge in [0, 0.05) is 24.8 Å². The van der Waals surface area contributed by atoms with E-state index in [0.717, 1.165) is 18.5 Å². The Morgan fingerprint density at radius 2 is 2.35 bits per heavy atom. The molecule has 2 fully saturated rings. The maximum absolute atomic E-state index is 12.3. The fraction of sp³-hybridized carbons (Fsp3) is 0.429. The van der Waals surface area contributed by atoms with Crippen LogP contribution >= 0.6 is 11.6 Å². The lowest BCUT2D eigenvalue weighted by atomic mass is 10.0. The van der Waals surface area contributed by atoms with Gasteiger partial charge in [-0.15, -0.1) is 0 Å². The first-order valence-corrected chi connectivity index (χ1v) is 7.25. The van der Waals surface area contributed by atoms with Crippen LogP contribution in [0.1, 0.15) is 23.3 Å². The van der Waals surface area contributed by atoms with Crippen molar-refractivity contribution in [2.75, 3.05) is 6.54 Å². The summed E-state index contributed by atoms with van der Waals surface area (Å²) in [4.78, 5) is 16.5. The predicted octanol–water partition coefficient (Wildman–Crippen LogP) is 1.47. The Kier molecular flexibility index (Phi) is 2.72. The molecule has 0 radical (unpaired) electrons. The Balaban J connectivity index is 1.56. The van der Waals surface area contributed by atoms with Gasteiger partial charge in [-0.1, -0.05) is 11.6 Å². The number of rotatable bonds is 2. The van der Waals surface area contributed by atoms with Gasteiger partial charge in [0.1, 0.15) is 10.8 Å². The van der Waals surface area contributed by atoms with Crippen LogP contribution in [0.5, 0.6) is 0 Å². The number of nitrogens with zero attached hydrogens (tertiary/aromatic N) is 2. The number of carbonyl (C=O) groups is 1. The summed E-state index contributed by atoms with van der Waals surface area (Å²) in [6, 6.07) is 4.51. The number of carbonyl (C=O) groups excluding carboxylic acids is 1. The van der Waals surface area contributed by atoms with E-state index in [4.69, 9.17) is 11.6 Å². The summed E-state index contributed by atoms with van der Waals surface area (Å²) < 4.78 is 1.77. The van der Waals surface area contributed by atoms with Crippen molar-refractivity contribution in [3.8, 4) is 0 Å². The maximum Gasteiger partial charge on any atom is 0.271 e. The normalized spacial score (nSPS) is 28.1. The van der Waals surface area contributed by atoms with Gasteiger partial charge in [-0.3, -0.25) is 4.79 Å². The van der Waals surface area contributed by atoms with E-state index in [9.17, 15) is 4.79 Å². The minimum Gasteiger partial charge on any atom is -0.348 e. The van der Waals surface area contributed by atoms with E-state index in [1.165, 1.54) is 6.42 Å². The standard InChI is InChI=1S/C14H15ClN4O/c15-13-2-1-10-6-17-12(7-19(10)13)14(20)18-11-4-9-3-8(11)5-16-9/h1-2,6-9,11,16H,3-5H2,(H,18,20). The molecule has 2 aromatic rings. The lowest BCUT2D eigenvalue weighted by molar-refractivity contribution is 0.0919. The van der Waals surface area contributed by atoms with Crippen molar-refractivity contribution in [2.24, 2.45) is 5.92 Å². The summed E-state index contributed by atoms with van der Waals surface area (Å²) in [7, 11) is 0. The number of halogens is 1. The van der Waals surface area contributed by atoms with Gasteiger partial charge >= 0.3 is 0 Å². The smallest absolute Gasteiger partial charge is 0.271 e. The second-order valence-corrected chi connectivity index (χ2v) is 6.03. The highest BCUT2D eigenvalue weighted by Gasteiger charge is 2.40. The molecule has 104 valence electrons. The van der Waals surface area contributed by atoms with Crippen LogP contribution in [0.15, 0.2) is 24.5 Å². The lowest BCUT2D eigenvalue weighted by Gasteiger charge is -2.23. The van der Waals surface area contributed by atoms with Gasteiger partial charge in [0.05, 0.1) is 11.7 Å². The van der Waals surface area contributed by atoms with E-state index in [0.29, 0.717) is 22.8 Å². The van der Waals surface area contributed by atoms with Crippen LogP contribution in [0.4, 0.5) is 0 Å². The molecule has 2 bridgehead atoms. The number of fused-ring (bicyclic) bond motifs is 3. The molecule has 0 spiro atoms. The van der Waals surface area contributed by atoms with E-state index in [2.05, 4.69) is 15.6 Å². The van der Waals surface area contributed by atoms with Crippen LogP contribution in [0.2, 0.25) is 5.15 Å². The number of aromatic nitrogens is 2. The average Bonchev–Trinajstić information content (AvgIpc) is 3.15. The Morgan fingerprint density at radius 1 is 1.45 bits per heavy atom. The van der Waals surface area contributed by atoms with E-state index in [1.807, 2.05) is 6.07 Å². The van der Waals surface area contributed by atoms with Crippen molar-refractivity contribution in [3.63, 3.8) is 0 Å². The van der Waals surface area contributed by atoms with Gasteiger partial charge in [0.15, 0.2) is 0 Å². The summed E-state index contributed by atoms with van der Waals surface area (Å²) >= 11 is 6.07. The zero-order chi connectivity index (χ0) is 13.7. The highest BCUT2D eigenvalue weighted by Crippen LogP contribution is 2.31. The number of nitrogens with one attached hydrogen (secondary N) is 2. The zero-order valence-corrected chi connectivity index (χ0v) is 11.6. The van der Waals surface area contributed by atoms with Crippen LogP contribution < -0.4 is 10.6 Å². The van der Waals surface area contributed by atoms with Crippen LogP contribution in [-0.4, -0.2) is 33.9 Å². The summed E-state index contributed by atoms with van der Waals surface area (Å²) in [6.07, 6.45) is 5.55. The van der Waals surface area contributed by atoms with E-state index < -0.39 is 0 Å². The van der Waals surface area contributed by atoms with Crippen molar-refractivity contribution in [3.05, 3.63) is 35.4 Å². The molecule has 1 aliphatic heterocycles. The van der Waals surface area contributed by atoms with Gasteiger partial charge < -0.3 is 15.0 Å². The van der Waals surface area contributed by atoms with Crippen molar-refractivity contribution in [1.82, 2.24) is 20.0 Å². The molecule has 5 nitrogen and oxygen atoms in total. The molecule has 20 heavy (non-hydrogen) atoms. The minimum atomic E-state index is -0.116. The topological polar surface area (TPSA) is 58.4 Å². The Bertz CT molecular complexity index is 683. The van der Waals surface area contributed by atoms with Crippen molar-refractivity contribution >= 4 is 23.0 Å². The molecule has 3 atom stereocenters. The zero-order valence-electron chi connectivity index (χ0n) is 10.8. The van der Waals surface area contributed by atoms with Gasteiger partial charge in [-0.25, -0.2) is 4.98 Å². The molecule has 6 heteroatoms. The fourth-order valence-corrected chi connectivity index (χ4v) is 3.55. The summed E-state index contributed by atoms with van der Waals surface area (Å²) in [6.45, 7) is 1.01. The van der Waals surface area contributed by atoms with Crippen molar-refractivity contribution < 1.29 is 4.79 Å². The second-order valence-electron chi connectivity index (χ2n) is 5.64. The SMILES string of the molecule is O=C(NC1CC2CC1CN2)c1cn2c(Cl)ccc2cn1. The molecule has 1 aliphatic carbocycles. The van der Waals surface area contributed by atoms with Gasteiger partial charge in [-0.05, 0) is 30.9 Å². The van der Waals surface area contributed by atoms with E-state index >= 15 is 0 Å². The van der Waals surface area contributed by atoms with Crippen molar-refractivity contribution in [2.45, 2.75) is 24.9 Å². The highest BCUT2D eigenvalue weighted by molar-refractivity contribution is 6.30. The van der Waals surface area contributed by atoms with E-state index in [1.54, 1.807) is 22.9 Å². The molecular weight excluding hydrogens is 276 g/mol. The molecule has 1 saturated heterocycles. The summed E-state index contributed by atoms with van der Waals surface area (Å²) in [5.41, 5.74) is 1.29. The highest BCUT2D eigenvalue weighted by atomic mass is 35.5. The average molecular weight is 291 g/mol. The van der Waals surface area contributed by atoms with Crippen LogP contribution in [0.25, 0.3) is 5.52 Å². The molecule has 2 N–H and O–H groups in total. The van der Waals surface area contributed by atoms with Crippen LogP contribution in [-0.2, 0) is 0 Å². The first kappa shape index (κ1) is 12.2. The molecule has 2 aromatic heterocycles. The van der Waals surface area contributed by atoms with E-state index in [-0.39, 0.29) is 11.9 Å². The number of hydrogen-bond acceptors (Lipinski definition) is 3. The minimum absolute atomic E-state index is 0.116. The van der Waals surface area contributed by atoms with Crippen LogP contribution in [0.3, 0.4) is 0 Å². The second kappa shape index (κ2) is 4.46. The Morgan fingerprint density at radius 3 is 3.10 bits per heavy atom. The Hall–Kier alpha value is -1.59. The molecule has 3 heterocycles. The third-order valence-corrected chi connectivity index (χ3v) is 4.71. The van der Waals surface area contributed by atoms with Crippen molar-refractivity contribution in [1.29, 1.82) is 0 Å². The Labute approximate surface area is 121 Å². The number of hydrogen-bond donors (Lipinski definition) is 2. The number of piperidine rings is 1. The maximum atomic E-state index is 12.3. The first-order chi connectivity index (χ1) is 9.70. The monoisotopic (exact) mass is 290 g/mol. The van der Waals surface area contributed by atoms with Crippen LogP contribution in [0, 0.1) is 5.92 Å². The molecule has 1 saturated carbocycles. The van der Waals surface area contributed by atoms with Gasteiger partial charge in [0.2, 0.25) is 0 Å². The third-order valence-electron chi connectivity index (χ3n) is 4.40. The van der Waals surface area contributed by atoms with Gasteiger partial charge in [-0.2, -0.15) is 0 Å². The van der Waals surface area contributed by atoms with Gasteiger partial charge in [0.25, 0.3) is 5.91 Å². The molecule has 3 unspecified atom stereocenters. The fourth-order valence-electron chi connectivity index (χ4n) is 3.34.